The van der Waals surface area contributed by atoms with E-state index in [0.29, 0.717) is 5.96 Å². The number of nitrogens with one attached hydrogen (secondary N) is 2. The third kappa shape index (κ3) is 3.50. The van der Waals surface area contributed by atoms with Crippen molar-refractivity contribution in [1.82, 2.24) is 5.43 Å². The molecule has 0 unspecified atom stereocenters. The van der Waals surface area contributed by atoms with Gasteiger partial charge < -0.3 is 5.32 Å². The lowest BCUT2D eigenvalue weighted by molar-refractivity contribution is 0.819. The normalized spacial score (nSPS) is 11.8. The highest BCUT2D eigenvalue weighted by atomic mass is 79.9. The number of aliphatic imine (C=N–C) groups is 1. The molecule has 0 radical (unpaired) electrons. The van der Waals surface area contributed by atoms with E-state index in [1.54, 1.807) is 0 Å². The zero-order valence-electron chi connectivity index (χ0n) is 9.71. The Hall–Kier alpha value is -1.07. The first-order valence-corrected chi connectivity index (χ1v) is 5.90. The second-order valence-electron chi connectivity index (χ2n) is 3.78. The van der Waals surface area contributed by atoms with Crippen LogP contribution in [0.5, 0.6) is 0 Å². The summed E-state index contributed by atoms with van der Waals surface area (Å²) in [5.41, 5.74) is 4.65. The Kier molecular flexibility index (Phi) is 4.76. The minimum atomic E-state index is 0.183. The van der Waals surface area contributed by atoms with Crippen LogP contribution in [0.1, 0.15) is 19.4 Å². The van der Waals surface area contributed by atoms with E-state index in [-0.39, 0.29) is 6.04 Å². The topological polar surface area (TPSA) is 62.4 Å². The largest absolute Gasteiger partial charge is 0.324 e. The van der Waals surface area contributed by atoms with E-state index in [1.165, 1.54) is 0 Å². The first-order valence-electron chi connectivity index (χ1n) is 5.11. The molecule has 0 saturated carbocycles. The molecule has 1 aromatic carbocycles. The number of anilines is 1. The molecule has 0 aliphatic rings. The van der Waals surface area contributed by atoms with E-state index in [1.807, 2.05) is 39.0 Å². The van der Waals surface area contributed by atoms with Crippen LogP contribution in [-0.4, -0.2) is 12.0 Å². The van der Waals surface area contributed by atoms with Crippen molar-refractivity contribution in [2.75, 3.05) is 5.32 Å². The molecule has 0 bridgehead atoms. The van der Waals surface area contributed by atoms with Crippen LogP contribution in [0.15, 0.2) is 27.7 Å². The highest BCUT2D eigenvalue weighted by Crippen LogP contribution is 2.25. The van der Waals surface area contributed by atoms with Gasteiger partial charge in [0.15, 0.2) is 0 Å². The van der Waals surface area contributed by atoms with Crippen molar-refractivity contribution < 1.29 is 0 Å². The van der Waals surface area contributed by atoms with Crippen LogP contribution in [0.25, 0.3) is 0 Å². The van der Waals surface area contributed by atoms with Gasteiger partial charge >= 0.3 is 0 Å². The van der Waals surface area contributed by atoms with Gasteiger partial charge in [-0.25, -0.2) is 10.8 Å². The van der Waals surface area contributed by atoms with Crippen LogP contribution < -0.4 is 16.6 Å². The van der Waals surface area contributed by atoms with Gasteiger partial charge in [-0.3, -0.25) is 5.43 Å². The third-order valence-electron chi connectivity index (χ3n) is 1.97. The molecule has 0 atom stereocenters. The zero-order chi connectivity index (χ0) is 12.1. The number of hydrazine groups is 1. The molecule has 0 aromatic heterocycles. The predicted octanol–water partition coefficient (Wildman–Crippen LogP) is 2.40. The predicted molar refractivity (Wildman–Crippen MR) is 72.4 cm³/mol. The highest BCUT2D eigenvalue weighted by molar-refractivity contribution is 9.10. The lowest BCUT2D eigenvalue weighted by Crippen LogP contribution is -2.37. The Morgan fingerprint density at radius 1 is 1.44 bits per heavy atom. The van der Waals surface area contributed by atoms with Gasteiger partial charge in [0.05, 0.1) is 5.69 Å². The second kappa shape index (κ2) is 5.86. The maximum absolute atomic E-state index is 5.40. The van der Waals surface area contributed by atoms with Crippen molar-refractivity contribution in [3.63, 3.8) is 0 Å². The molecule has 16 heavy (non-hydrogen) atoms. The molecular weight excluding hydrogens is 268 g/mol. The van der Waals surface area contributed by atoms with Crippen LogP contribution in [-0.2, 0) is 0 Å². The molecule has 5 heteroatoms. The highest BCUT2D eigenvalue weighted by Gasteiger charge is 2.04. The molecule has 4 nitrogen and oxygen atoms in total. The summed E-state index contributed by atoms with van der Waals surface area (Å²) in [5, 5.41) is 3.14. The van der Waals surface area contributed by atoms with E-state index in [9.17, 15) is 0 Å². The van der Waals surface area contributed by atoms with Crippen LogP contribution in [0.4, 0.5) is 5.69 Å². The summed E-state index contributed by atoms with van der Waals surface area (Å²) in [4.78, 5) is 4.31. The Morgan fingerprint density at radius 2 is 2.12 bits per heavy atom. The molecule has 0 aliphatic heterocycles. The summed E-state index contributed by atoms with van der Waals surface area (Å²) in [5.74, 6) is 5.96. The molecule has 0 amide bonds. The first-order chi connectivity index (χ1) is 7.54. The lowest BCUT2D eigenvalue weighted by atomic mass is 10.2. The fourth-order valence-electron chi connectivity index (χ4n) is 1.24. The van der Waals surface area contributed by atoms with Gasteiger partial charge in [0, 0.05) is 10.5 Å². The Balaban J connectivity index is 2.91. The summed E-state index contributed by atoms with van der Waals surface area (Å²) >= 11 is 3.52. The fraction of sp³-hybridized carbons (Fsp3) is 0.364. The number of benzene rings is 1. The van der Waals surface area contributed by atoms with Crippen molar-refractivity contribution in [2.24, 2.45) is 10.8 Å². The minimum Gasteiger partial charge on any atom is -0.324 e. The average molecular weight is 285 g/mol. The summed E-state index contributed by atoms with van der Waals surface area (Å²) in [7, 11) is 0. The minimum absolute atomic E-state index is 0.183. The maximum Gasteiger partial charge on any atom is 0.210 e. The fourth-order valence-corrected chi connectivity index (χ4v) is 1.60. The molecule has 4 N–H and O–H groups in total. The van der Waals surface area contributed by atoms with Gasteiger partial charge in [0.2, 0.25) is 5.96 Å². The molecular formula is C11H17BrN4. The lowest BCUT2D eigenvalue weighted by Gasteiger charge is -2.12. The molecule has 1 aromatic rings. The summed E-state index contributed by atoms with van der Waals surface area (Å²) < 4.78 is 1.02. The molecule has 0 saturated heterocycles. The van der Waals surface area contributed by atoms with E-state index >= 15 is 0 Å². The van der Waals surface area contributed by atoms with Crippen molar-refractivity contribution in [2.45, 2.75) is 26.8 Å². The van der Waals surface area contributed by atoms with E-state index in [2.05, 4.69) is 31.7 Å². The maximum atomic E-state index is 5.40. The third-order valence-corrected chi connectivity index (χ3v) is 3.02. The number of nitrogens with zero attached hydrogens (tertiary/aromatic N) is 1. The monoisotopic (exact) mass is 284 g/mol. The molecule has 0 fully saturated rings. The smallest absolute Gasteiger partial charge is 0.210 e. The Morgan fingerprint density at radius 3 is 2.69 bits per heavy atom. The average Bonchev–Trinajstić information content (AvgIpc) is 2.23. The summed E-state index contributed by atoms with van der Waals surface area (Å²) in [6, 6.07) is 6.16. The van der Waals surface area contributed by atoms with Crippen LogP contribution in [0, 0.1) is 6.92 Å². The number of halogens is 1. The van der Waals surface area contributed by atoms with E-state index < -0.39 is 0 Å². The van der Waals surface area contributed by atoms with Crippen LogP contribution >= 0.6 is 15.9 Å². The molecule has 0 aliphatic carbocycles. The Labute approximate surface area is 104 Å². The number of hydrogen-bond donors (Lipinski definition) is 3. The number of aryl methyl sites for hydroxylation is 1. The molecule has 0 spiro atoms. The van der Waals surface area contributed by atoms with E-state index in [0.717, 1.165) is 15.7 Å². The molecule has 1 rings (SSSR count). The number of hydrogen-bond acceptors (Lipinski definition) is 2. The SMILES string of the molecule is Cc1cccc(NC(=NC(C)C)NN)c1Br. The first kappa shape index (κ1) is 13.0. The Bertz CT molecular complexity index is 388. The number of rotatable bonds is 2. The van der Waals surface area contributed by atoms with Gasteiger partial charge in [-0.1, -0.05) is 12.1 Å². The quantitative estimate of drug-likeness (QED) is 0.338. The van der Waals surface area contributed by atoms with Gasteiger partial charge in [0.25, 0.3) is 0 Å². The van der Waals surface area contributed by atoms with Crippen molar-refractivity contribution in [3.05, 3.63) is 28.2 Å². The zero-order valence-corrected chi connectivity index (χ0v) is 11.3. The van der Waals surface area contributed by atoms with Gasteiger partial charge in [-0.15, -0.1) is 0 Å². The van der Waals surface area contributed by atoms with Gasteiger partial charge in [0.1, 0.15) is 0 Å². The van der Waals surface area contributed by atoms with Gasteiger partial charge in [-0.2, -0.15) is 0 Å². The van der Waals surface area contributed by atoms with Crippen molar-refractivity contribution in [1.29, 1.82) is 0 Å². The van der Waals surface area contributed by atoms with Crippen molar-refractivity contribution in [3.8, 4) is 0 Å². The number of nitrogens with two attached hydrogens (primary N) is 1. The standard InChI is InChI=1S/C11H17BrN4/c1-7(2)14-11(16-13)15-9-6-4-5-8(3)10(9)12/h4-7H,13H2,1-3H3,(H2,14,15,16). The van der Waals surface area contributed by atoms with E-state index in [4.69, 9.17) is 5.84 Å². The molecule has 88 valence electrons. The second-order valence-corrected chi connectivity index (χ2v) is 4.57. The van der Waals surface area contributed by atoms with Crippen LogP contribution in [0.2, 0.25) is 0 Å². The number of guanidine groups is 1. The van der Waals surface area contributed by atoms with Crippen LogP contribution in [0.3, 0.4) is 0 Å². The van der Waals surface area contributed by atoms with Gasteiger partial charge in [-0.05, 0) is 48.3 Å². The summed E-state index contributed by atoms with van der Waals surface area (Å²) in [6.07, 6.45) is 0. The molecule has 0 heterocycles. The summed E-state index contributed by atoms with van der Waals surface area (Å²) in [6.45, 7) is 6.01. The van der Waals surface area contributed by atoms with Crippen molar-refractivity contribution >= 4 is 27.6 Å².